The zero-order chi connectivity index (χ0) is 13.7. The van der Waals surface area contributed by atoms with Crippen molar-refractivity contribution in [3.63, 3.8) is 0 Å². The van der Waals surface area contributed by atoms with Gasteiger partial charge in [-0.05, 0) is 13.3 Å². The van der Waals surface area contributed by atoms with E-state index in [0.29, 0.717) is 17.9 Å². The lowest BCUT2D eigenvalue weighted by Gasteiger charge is -2.12. The first kappa shape index (κ1) is 15.3. The normalized spacial score (nSPS) is 13.3. The van der Waals surface area contributed by atoms with Crippen molar-refractivity contribution >= 4 is 11.6 Å². The lowest BCUT2D eigenvalue weighted by molar-refractivity contribution is 0.0152. The summed E-state index contributed by atoms with van der Waals surface area (Å²) in [6, 6.07) is -0.185. The zero-order valence-corrected chi connectivity index (χ0v) is 11.3. The van der Waals surface area contributed by atoms with Gasteiger partial charge in [0.2, 0.25) is 0 Å². The third-order valence-electron chi connectivity index (χ3n) is 2.59. The highest BCUT2D eigenvalue weighted by atomic mass is 35.5. The minimum absolute atomic E-state index is 0.185. The second kappa shape index (κ2) is 7.01. The molecule has 0 aliphatic carbocycles. The van der Waals surface area contributed by atoms with E-state index in [-0.39, 0.29) is 12.6 Å². The summed E-state index contributed by atoms with van der Waals surface area (Å²) < 4.78 is 30.1. The molecule has 104 valence electrons. The number of aryl methyl sites for hydroxylation is 2. The van der Waals surface area contributed by atoms with Gasteiger partial charge in [-0.25, -0.2) is 8.78 Å². The van der Waals surface area contributed by atoms with E-state index in [2.05, 4.69) is 5.10 Å². The summed E-state index contributed by atoms with van der Waals surface area (Å²) in [5.74, 6) is 0. The van der Waals surface area contributed by atoms with Crippen LogP contribution in [0.1, 0.15) is 17.8 Å². The molecule has 0 aliphatic heterocycles. The smallest absolute Gasteiger partial charge is 0.261 e. The van der Waals surface area contributed by atoms with E-state index in [1.807, 2.05) is 6.92 Å². The minimum Gasteiger partial charge on any atom is -0.375 e. The van der Waals surface area contributed by atoms with Crippen LogP contribution >= 0.6 is 11.6 Å². The molecule has 1 rings (SSSR count). The van der Waals surface area contributed by atoms with Gasteiger partial charge in [-0.1, -0.05) is 11.6 Å². The zero-order valence-electron chi connectivity index (χ0n) is 10.5. The first-order valence-corrected chi connectivity index (χ1v) is 6.09. The number of halogens is 3. The second-order valence-corrected chi connectivity index (χ2v) is 4.57. The number of hydrogen-bond donors (Lipinski definition) is 1. The van der Waals surface area contributed by atoms with E-state index in [0.717, 1.165) is 11.4 Å². The third-order valence-corrected chi connectivity index (χ3v) is 3.09. The second-order valence-electron chi connectivity index (χ2n) is 4.19. The molecule has 0 saturated carbocycles. The summed E-state index contributed by atoms with van der Waals surface area (Å²) in [6.07, 6.45) is -1.38. The Balaban J connectivity index is 2.38. The molecule has 0 aromatic carbocycles. The van der Waals surface area contributed by atoms with E-state index in [1.54, 1.807) is 11.7 Å². The Hall–Kier alpha value is -0.720. The van der Waals surface area contributed by atoms with Crippen molar-refractivity contribution in [2.45, 2.75) is 32.2 Å². The van der Waals surface area contributed by atoms with Crippen molar-refractivity contribution in [1.82, 2.24) is 9.78 Å². The molecule has 1 aromatic rings. The molecule has 1 atom stereocenters. The van der Waals surface area contributed by atoms with Crippen molar-refractivity contribution in [1.29, 1.82) is 0 Å². The van der Waals surface area contributed by atoms with Crippen LogP contribution in [0.25, 0.3) is 0 Å². The first-order valence-electron chi connectivity index (χ1n) is 5.71. The molecule has 0 fully saturated rings. The highest BCUT2D eigenvalue weighted by Gasteiger charge is 2.14. The molecule has 0 aliphatic rings. The van der Waals surface area contributed by atoms with Crippen LogP contribution < -0.4 is 5.73 Å². The van der Waals surface area contributed by atoms with Gasteiger partial charge in [0.15, 0.2) is 0 Å². The third kappa shape index (κ3) is 4.51. The standard InChI is InChI=1S/C11H18ClF2N3O/c1-7-11(12)9(17(2)16-7)5-8(15)3-4-18-6-10(13)14/h8,10H,3-6,15H2,1-2H3. The summed E-state index contributed by atoms with van der Waals surface area (Å²) in [7, 11) is 1.80. The van der Waals surface area contributed by atoms with Gasteiger partial charge in [0.1, 0.15) is 6.61 Å². The van der Waals surface area contributed by atoms with Crippen molar-refractivity contribution in [2.75, 3.05) is 13.2 Å². The fraction of sp³-hybridized carbons (Fsp3) is 0.727. The molecular weight excluding hydrogens is 264 g/mol. The summed E-state index contributed by atoms with van der Waals surface area (Å²) in [4.78, 5) is 0. The Morgan fingerprint density at radius 2 is 2.17 bits per heavy atom. The summed E-state index contributed by atoms with van der Waals surface area (Å²) in [5, 5.41) is 4.79. The van der Waals surface area contributed by atoms with Gasteiger partial charge in [0, 0.05) is 26.1 Å². The van der Waals surface area contributed by atoms with Gasteiger partial charge in [-0.2, -0.15) is 5.10 Å². The predicted molar refractivity (Wildman–Crippen MR) is 66.1 cm³/mol. The van der Waals surface area contributed by atoms with Crippen LogP contribution in [-0.4, -0.2) is 35.5 Å². The molecule has 1 aromatic heterocycles. The molecule has 18 heavy (non-hydrogen) atoms. The molecule has 1 unspecified atom stereocenters. The van der Waals surface area contributed by atoms with Crippen LogP contribution in [0.4, 0.5) is 8.78 Å². The maximum Gasteiger partial charge on any atom is 0.261 e. The van der Waals surface area contributed by atoms with Gasteiger partial charge < -0.3 is 10.5 Å². The average molecular weight is 282 g/mol. The Morgan fingerprint density at radius 3 is 2.67 bits per heavy atom. The molecule has 0 radical (unpaired) electrons. The Bertz CT molecular complexity index is 385. The maximum atomic E-state index is 11.8. The highest BCUT2D eigenvalue weighted by Crippen LogP contribution is 2.20. The Labute approximate surface area is 110 Å². The number of ether oxygens (including phenoxy) is 1. The van der Waals surface area contributed by atoms with Crippen LogP contribution in [0.3, 0.4) is 0 Å². The van der Waals surface area contributed by atoms with Gasteiger partial charge in [-0.15, -0.1) is 0 Å². The van der Waals surface area contributed by atoms with Crippen LogP contribution in [-0.2, 0) is 18.2 Å². The van der Waals surface area contributed by atoms with Gasteiger partial charge >= 0.3 is 0 Å². The van der Waals surface area contributed by atoms with Gasteiger partial charge in [0.05, 0.1) is 16.4 Å². The van der Waals surface area contributed by atoms with Crippen LogP contribution in [0.2, 0.25) is 5.02 Å². The van der Waals surface area contributed by atoms with E-state index < -0.39 is 13.0 Å². The topological polar surface area (TPSA) is 53.1 Å². The number of aromatic nitrogens is 2. The summed E-state index contributed by atoms with van der Waals surface area (Å²) in [6.45, 7) is 1.50. The van der Waals surface area contributed by atoms with Gasteiger partial charge in [-0.3, -0.25) is 4.68 Å². The fourth-order valence-corrected chi connectivity index (χ4v) is 1.90. The largest absolute Gasteiger partial charge is 0.375 e. The number of nitrogens with zero attached hydrogens (tertiary/aromatic N) is 2. The Kier molecular flexibility index (Phi) is 5.98. The number of rotatable bonds is 7. The summed E-state index contributed by atoms with van der Waals surface area (Å²) >= 11 is 6.09. The van der Waals surface area contributed by atoms with E-state index in [4.69, 9.17) is 22.1 Å². The minimum atomic E-state index is -2.43. The van der Waals surface area contributed by atoms with Gasteiger partial charge in [0.25, 0.3) is 6.43 Å². The molecule has 2 N–H and O–H groups in total. The monoisotopic (exact) mass is 281 g/mol. The Morgan fingerprint density at radius 1 is 1.50 bits per heavy atom. The van der Waals surface area contributed by atoms with Crippen molar-refractivity contribution in [3.05, 3.63) is 16.4 Å². The average Bonchev–Trinajstić information content (AvgIpc) is 2.51. The summed E-state index contributed by atoms with van der Waals surface area (Å²) in [5.41, 5.74) is 7.52. The van der Waals surface area contributed by atoms with Crippen molar-refractivity contribution < 1.29 is 13.5 Å². The van der Waals surface area contributed by atoms with Crippen LogP contribution in [0, 0.1) is 6.92 Å². The van der Waals surface area contributed by atoms with Crippen LogP contribution in [0.5, 0.6) is 0 Å². The highest BCUT2D eigenvalue weighted by molar-refractivity contribution is 6.31. The van der Waals surface area contributed by atoms with E-state index >= 15 is 0 Å². The van der Waals surface area contributed by atoms with E-state index in [1.165, 1.54) is 0 Å². The molecule has 4 nitrogen and oxygen atoms in total. The molecule has 0 spiro atoms. The van der Waals surface area contributed by atoms with Crippen molar-refractivity contribution in [2.24, 2.45) is 12.8 Å². The maximum absolute atomic E-state index is 11.8. The molecule has 0 bridgehead atoms. The lowest BCUT2D eigenvalue weighted by Crippen LogP contribution is -2.26. The molecule has 1 heterocycles. The predicted octanol–water partition coefficient (Wildman–Crippen LogP) is 1.92. The van der Waals surface area contributed by atoms with Crippen LogP contribution in [0.15, 0.2) is 0 Å². The SMILES string of the molecule is Cc1nn(C)c(CC(N)CCOCC(F)F)c1Cl. The quantitative estimate of drug-likeness (QED) is 0.777. The molecule has 0 amide bonds. The number of hydrogen-bond acceptors (Lipinski definition) is 3. The van der Waals surface area contributed by atoms with E-state index in [9.17, 15) is 8.78 Å². The fourth-order valence-electron chi connectivity index (χ4n) is 1.66. The lowest BCUT2D eigenvalue weighted by atomic mass is 10.1. The number of alkyl halides is 2. The first-order chi connectivity index (χ1) is 8.41. The molecular formula is C11H18ClF2N3O. The molecule has 7 heteroatoms. The molecule has 0 saturated heterocycles. The van der Waals surface area contributed by atoms with Crippen molar-refractivity contribution in [3.8, 4) is 0 Å². The number of nitrogens with two attached hydrogens (primary N) is 1.